The molecule has 3 aliphatic heterocycles. The average Bonchev–Trinajstić information content (AvgIpc) is 3.90. The van der Waals surface area contributed by atoms with Crippen molar-refractivity contribution in [3.8, 4) is 16.6 Å². The van der Waals surface area contributed by atoms with Crippen LogP contribution < -0.4 is 20.1 Å². The third-order valence-corrected chi connectivity index (χ3v) is 16.6. The number of hydrogen-bond acceptors (Lipinski definition) is 12. The number of benzene rings is 1. The van der Waals surface area contributed by atoms with E-state index in [1.807, 2.05) is 48.8 Å². The Kier molecular flexibility index (Phi) is 12.7. The molecule has 2 saturated carbocycles. The molecular weight excluding hydrogens is 857 g/mol. The van der Waals surface area contributed by atoms with Gasteiger partial charge in [0.25, 0.3) is 11.9 Å². The lowest BCUT2D eigenvalue weighted by Crippen LogP contribution is -2.58. The van der Waals surface area contributed by atoms with Crippen LogP contribution in [0.1, 0.15) is 130 Å². The molecule has 1 aromatic carbocycles. The van der Waals surface area contributed by atoms with Crippen molar-refractivity contribution >= 4 is 56.2 Å². The molecule has 2 saturated heterocycles. The number of hydrogen-bond donors (Lipinski definition) is 3. The zero-order valence-electron chi connectivity index (χ0n) is 38.1. The summed E-state index contributed by atoms with van der Waals surface area (Å²) in [6.07, 6.45) is 8.81. The number of nitrogens with one attached hydrogen (secondary N) is 3. The lowest BCUT2D eigenvalue weighted by atomic mass is 9.94. The van der Waals surface area contributed by atoms with Crippen LogP contribution in [-0.2, 0) is 29.1 Å². The number of thiazole rings is 1. The number of nitrogens with zero attached hydrogens (tertiary/aromatic N) is 5. The van der Waals surface area contributed by atoms with Crippen molar-refractivity contribution in [2.75, 3.05) is 26.7 Å². The van der Waals surface area contributed by atoms with Gasteiger partial charge in [0.1, 0.15) is 39.9 Å². The molecule has 64 heavy (non-hydrogen) atoms. The normalized spacial score (nSPS) is 27.5. The number of imidazole rings is 1. The smallest absolute Gasteiger partial charge is 0.408 e. The molecule has 0 spiro atoms. The van der Waals surface area contributed by atoms with Crippen LogP contribution in [0.3, 0.4) is 0 Å². The molecule has 5 atom stereocenters. The van der Waals surface area contributed by atoms with E-state index in [2.05, 4.69) is 32.7 Å². The van der Waals surface area contributed by atoms with Gasteiger partial charge in [-0.1, -0.05) is 31.1 Å². The van der Waals surface area contributed by atoms with Gasteiger partial charge in [0.2, 0.25) is 21.8 Å². The zero-order chi connectivity index (χ0) is 45.8. The van der Waals surface area contributed by atoms with Gasteiger partial charge in [-0.3, -0.25) is 23.7 Å². The van der Waals surface area contributed by atoms with E-state index in [1.165, 1.54) is 4.90 Å². The lowest BCUT2D eigenvalue weighted by molar-refractivity contribution is -0.141. The number of piperidine rings is 1. The van der Waals surface area contributed by atoms with Gasteiger partial charge in [-0.25, -0.2) is 18.2 Å². The van der Waals surface area contributed by atoms with Crippen LogP contribution in [0.25, 0.3) is 21.6 Å². The third-order valence-electron chi connectivity index (χ3n) is 13.5. The van der Waals surface area contributed by atoms with Crippen LogP contribution in [0, 0.1) is 5.92 Å². The van der Waals surface area contributed by atoms with E-state index in [4.69, 9.17) is 19.4 Å². The summed E-state index contributed by atoms with van der Waals surface area (Å²) in [5, 5.41) is 8.77. The number of carbonyl (C=O) groups is 4. The van der Waals surface area contributed by atoms with Crippen LogP contribution in [-0.4, -0.2) is 117 Å². The first-order chi connectivity index (χ1) is 30.3. The molecule has 5 aliphatic rings. The number of sulfonamides is 1. The highest BCUT2D eigenvalue weighted by Gasteiger charge is 2.63. The third kappa shape index (κ3) is 9.55. The molecule has 0 unspecified atom stereocenters. The number of para-hydroxylation sites is 1. The lowest BCUT2D eigenvalue weighted by Gasteiger charge is -2.30. The Hall–Kier alpha value is -4.55. The largest absolute Gasteiger partial charge is 0.459 e. The number of allylic oxidation sites excluding steroid dienone is 1. The SMILES string of the molecule is CC(C)n1c(O[C@@H]2C[C@H]3C(=O)N[C@]4(C(=O)NS(=O)(=O)C5(C)CC5)C[C@H]4/C=C\CCCCC[C@H](NC(=O)OC(C)(C)C)C(=O)N3C2)nc2c(-c3nc(C4CCN(C)CC4)cs3)cccc21. The fraction of sp³-hybridized carbons (Fsp3) is 0.652. The monoisotopic (exact) mass is 920 g/mol. The van der Waals surface area contributed by atoms with E-state index in [1.54, 1.807) is 39.0 Å². The summed E-state index contributed by atoms with van der Waals surface area (Å²) in [6, 6.07) is 4.13. The van der Waals surface area contributed by atoms with Gasteiger partial charge >= 0.3 is 6.09 Å². The van der Waals surface area contributed by atoms with Crippen molar-refractivity contribution in [1.29, 1.82) is 0 Å². The van der Waals surface area contributed by atoms with Crippen LogP contribution in [0.15, 0.2) is 35.7 Å². The van der Waals surface area contributed by atoms with E-state index in [9.17, 15) is 27.6 Å². The molecule has 0 bridgehead atoms. The number of fused-ring (bicyclic) bond motifs is 3. The van der Waals surface area contributed by atoms with Crippen LogP contribution in [0.2, 0.25) is 0 Å². The van der Waals surface area contributed by atoms with Gasteiger partial charge < -0.3 is 29.9 Å². The highest BCUT2D eigenvalue weighted by molar-refractivity contribution is 7.91. The van der Waals surface area contributed by atoms with Crippen molar-refractivity contribution in [2.24, 2.45) is 5.92 Å². The van der Waals surface area contributed by atoms with E-state index >= 15 is 0 Å². The number of likely N-dealkylation sites (tertiary alicyclic amines) is 1. The van der Waals surface area contributed by atoms with Gasteiger partial charge in [0, 0.05) is 35.2 Å². The number of rotatable bonds is 9. The molecule has 348 valence electrons. The van der Waals surface area contributed by atoms with Gasteiger partial charge in [-0.15, -0.1) is 11.3 Å². The van der Waals surface area contributed by atoms with E-state index in [0.29, 0.717) is 44.0 Å². The topological polar surface area (TPSA) is 194 Å². The molecule has 4 fully saturated rings. The molecule has 16 nitrogen and oxygen atoms in total. The summed E-state index contributed by atoms with van der Waals surface area (Å²) in [5.41, 5.74) is 1.24. The Bertz CT molecular complexity index is 2410. The molecule has 3 aromatic rings. The maximum atomic E-state index is 14.8. The second kappa shape index (κ2) is 17.7. The Balaban J connectivity index is 1.11. The fourth-order valence-corrected chi connectivity index (χ4v) is 11.5. The Labute approximate surface area is 380 Å². The zero-order valence-corrected chi connectivity index (χ0v) is 39.8. The average molecular weight is 921 g/mol. The highest BCUT2D eigenvalue weighted by atomic mass is 32.2. The quantitative estimate of drug-likeness (QED) is 0.208. The van der Waals surface area contributed by atoms with Crippen LogP contribution >= 0.6 is 11.3 Å². The standard InChI is InChI=1S/C46H64N8O8S2/c1-28(2)54-35-17-13-15-32(39-47-34(27-63-39)29-18-22-52(7)23-19-29)37(35)49-42(54)61-31-24-36-38(55)50-46(41(57)51-64(59,60)45(6)20-21-45)25-30(46)14-11-9-8-10-12-16-33(40(56)53(36)26-31)48-43(58)62-44(3,4)5/h11,13-15,17,27-31,33,36H,8-10,12,16,18-26H2,1-7H3,(H,48,58)(H,50,55)(H,51,57)/b14-11-/t30-,31-,33+,36+,46-/m1/s1. The minimum Gasteiger partial charge on any atom is -0.459 e. The molecule has 0 radical (unpaired) electrons. The van der Waals surface area contributed by atoms with Crippen molar-refractivity contribution in [2.45, 2.75) is 158 Å². The number of aromatic nitrogens is 3. The van der Waals surface area contributed by atoms with Gasteiger partial charge in [-0.05, 0) is 125 Å². The van der Waals surface area contributed by atoms with Gasteiger partial charge in [0.05, 0.1) is 22.5 Å². The molecule has 3 N–H and O–H groups in total. The molecule has 18 heteroatoms. The summed E-state index contributed by atoms with van der Waals surface area (Å²) >= 11 is 1.61. The van der Waals surface area contributed by atoms with Crippen molar-refractivity contribution in [3.05, 3.63) is 41.4 Å². The van der Waals surface area contributed by atoms with Crippen molar-refractivity contribution < 1.29 is 37.1 Å². The second-order valence-electron chi connectivity index (χ2n) is 20.1. The molecular formula is C46H64N8O8S2. The van der Waals surface area contributed by atoms with Crippen molar-refractivity contribution in [1.82, 2.24) is 39.7 Å². The van der Waals surface area contributed by atoms with Crippen molar-refractivity contribution in [3.63, 3.8) is 0 Å². The summed E-state index contributed by atoms with van der Waals surface area (Å²) in [6.45, 7) is 13.0. The highest BCUT2D eigenvalue weighted by Crippen LogP contribution is 2.48. The predicted molar refractivity (Wildman–Crippen MR) is 244 cm³/mol. The maximum absolute atomic E-state index is 14.8. The number of carbonyl (C=O) groups excluding carboxylic acids is 4. The minimum atomic E-state index is -4.01. The summed E-state index contributed by atoms with van der Waals surface area (Å²) in [5.74, 6) is -1.92. The summed E-state index contributed by atoms with van der Waals surface area (Å²) in [4.78, 5) is 70.7. The number of ether oxygens (including phenoxy) is 2. The molecule has 2 aromatic heterocycles. The second-order valence-corrected chi connectivity index (χ2v) is 23.1. The Morgan fingerprint density at radius 1 is 1.05 bits per heavy atom. The molecule has 4 amide bonds. The first-order valence-corrected chi connectivity index (χ1v) is 25.3. The number of alkyl carbamates (subject to hydrolysis) is 1. The minimum absolute atomic E-state index is 0.0146. The first kappa shape index (κ1) is 46.0. The summed E-state index contributed by atoms with van der Waals surface area (Å²) in [7, 11) is -1.86. The summed E-state index contributed by atoms with van der Waals surface area (Å²) < 4.78 is 42.2. The fourth-order valence-electron chi connectivity index (χ4n) is 9.30. The molecule has 8 rings (SSSR count). The first-order valence-electron chi connectivity index (χ1n) is 22.9. The predicted octanol–water partition coefficient (Wildman–Crippen LogP) is 6.19. The Morgan fingerprint density at radius 2 is 1.80 bits per heavy atom. The maximum Gasteiger partial charge on any atom is 0.408 e. The van der Waals surface area contributed by atoms with Crippen LogP contribution in [0.5, 0.6) is 6.01 Å². The van der Waals surface area contributed by atoms with E-state index in [0.717, 1.165) is 66.1 Å². The molecule has 2 aliphatic carbocycles. The Morgan fingerprint density at radius 3 is 2.50 bits per heavy atom. The van der Waals surface area contributed by atoms with E-state index in [-0.39, 0.29) is 25.4 Å². The van der Waals surface area contributed by atoms with Crippen LogP contribution in [0.4, 0.5) is 4.79 Å². The van der Waals surface area contributed by atoms with E-state index < -0.39 is 73.8 Å². The number of amides is 4. The van der Waals surface area contributed by atoms with Gasteiger partial charge in [0.15, 0.2) is 0 Å². The van der Waals surface area contributed by atoms with Gasteiger partial charge in [-0.2, -0.15) is 4.98 Å². The molecule has 5 heterocycles.